The highest BCUT2D eigenvalue weighted by Crippen LogP contribution is 2.01. The maximum absolute atomic E-state index is 10.3. The summed E-state index contributed by atoms with van der Waals surface area (Å²) in [4.78, 5) is 10.3. The van der Waals surface area contributed by atoms with Gasteiger partial charge in [-0.15, -0.1) is 0 Å². The largest absolute Gasteiger partial charge is 0.481 e. The SMILES string of the molecule is CCCCCC=CCCC=CC=CC=CCCC=CCCC(=O)O. The average Bonchev–Trinajstić information content (AvgIpc) is 2.56. The van der Waals surface area contributed by atoms with Crippen molar-refractivity contribution in [2.24, 2.45) is 0 Å². The summed E-state index contributed by atoms with van der Waals surface area (Å²) in [6.07, 6.45) is 31.4. The molecule has 0 saturated heterocycles. The van der Waals surface area contributed by atoms with Crippen LogP contribution >= 0.6 is 0 Å². The van der Waals surface area contributed by atoms with E-state index in [0.717, 1.165) is 25.7 Å². The second-order valence-corrected chi connectivity index (χ2v) is 5.77. The zero-order chi connectivity index (χ0) is 17.7. The molecule has 0 amide bonds. The van der Waals surface area contributed by atoms with E-state index in [9.17, 15) is 4.79 Å². The van der Waals surface area contributed by atoms with Crippen LogP contribution in [0.3, 0.4) is 0 Å². The van der Waals surface area contributed by atoms with Crippen molar-refractivity contribution in [2.75, 3.05) is 0 Å². The molecule has 0 bridgehead atoms. The Bertz CT molecular complexity index is 425. The summed E-state index contributed by atoms with van der Waals surface area (Å²) >= 11 is 0. The normalized spacial score (nSPS) is 12.7. The number of carboxylic acid groups (broad SMARTS) is 1. The molecule has 0 spiro atoms. The van der Waals surface area contributed by atoms with Crippen LogP contribution in [-0.2, 0) is 4.79 Å². The zero-order valence-electron chi connectivity index (χ0n) is 15.2. The summed E-state index contributed by atoms with van der Waals surface area (Å²) in [5.41, 5.74) is 0. The zero-order valence-corrected chi connectivity index (χ0v) is 15.2. The molecule has 0 aliphatic carbocycles. The van der Waals surface area contributed by atoms with Crippen molar-refractivity contribution in [1.82, 2.24) is 0 Å². The molecule has 2 heteroatoms. The molecule has 0 rings (SSSR count). The molecule has 134 valence electrons. The van der Waals surface area contributed by atoms with E-state index in [4.69, 9.17) is 5.11 Å². The number of hydrogen-bond donors (Lipinski definition) is 1. The number of carbonyl (C=O) groups is 1. The molecule has 0 aliphatic heterocycles. The van der Waals surface area contributed by atoms with E-state index in [-0.39, 0.29) is 6.42 Å². The van der Waals surface area contributed by atoms with E-state index in [2.05, 4.69) is 49.5 Å². The van der Waals surface area contributed by atoms with Crippen molar-refractivity contribution in [2.45, 2.75) is 71.1 Å². The molecule has 0 aromatic rings. The van der Waals surface area contributed by atoms with Crippen molar-refractivity contribution in [1.29, 1.82) is 0 Å². The summed E-state index contributed by atoms with van der Waals surface area (Å²) in [6.45, 7) is 2.24. The molecule has 0 saturated carbocycles. The molecular weight excluding hydrogens is 296 g/mol. The van der Waals surface area contributed by atoms with Crippen molar-refractivity contribution in [3.05, 3.63) is 60.8 Å². The van der Waals surface area contributed by atoms with Gasteiger partial charge in [0.25, 0.3) is 0 Å². The fourth-order valence-electron chi connectivity index (χ4n) is 2.05. The number of allylic oxidation sites excluding steroid dienone is 10. The minimum absolute atomic E-state index is 0.218. The van der Waals surface area contributed by atoms with E-state index in [0.29, 0.717) is 6.42 Å². The maximum atomic E-state index is 10.3. The lowest BCUT2D eigenvalue weighted by Gasteiger charge is -1.91. The molecule has 0 aliphatic rings. The molecular formula is C22H34O2. The number of hydrogen-bond acceptors (Lipinski definition) is 1. The van der Waals surface area contributed by atoms with E-state index < -0.39 is 5.97 Å². The summed E-state index contributed by atoms with van der Waals surface area (Å²) < 4.78 is 0. The van der Waals surface area contributed by atoms with Crippen LogP contribution in [0.1, 0.15) is 71.1 Å². The molecule has 0 fully saturated rings. The molecule has 0 aromatic carbocycles. The monoisotopic (exact) mass is 330 g/mol. The van der Waals surface area contributed by atoms with Crippen molar-refractivity contribution in [3.8, 4) is 0 Å². The molecule has 24 heavy (non-hydrogen) atoms. The number of rotatable bonds is 15. The average molecular weight is 331 g/mol. The third kappa shape index (κ3) is 20.2. The smallest absolute Gasteiger partial charge is 0.303 e. The van der Waals surface area contributed by atoms with Gasteiger partial charge in [0.1, 0.15) is 0 Å². The molecule has 1 N–H and O–H groups in total. The van der Waals surface area contributed by atoms with Crippen LogP contribution in [0.5, 0.6) is 0 Å². The van der Waals surface area contributed by atoms with Crippen LogP contribution in [0.2, 0.25) is 0 Å². The van der Waals surface area contributed by atoms with Crippen LogP contribution in [0, 0.1) is 0 Å². The van der Waals surface area contributed by atoms with Crippen LogP contribution in [0.4, 0.5) is 0 Å². The van der Waals surface area contributed by atoms with Gasteiger partial charge in [-0.2, -0.15) is 0 Å². The van der Waals surface area contributed by atoms with E-state index in [1.54, 1.807) is 0 Å². The molecule has 0 atom stereocenters. The first kappa shape index (κ1) is 22.2. The highest BCUT2D eigenvalue weighted by atomic mass is 16.4. The minimum Gasteiger partial charge on any atom is -0.481 e. The van der Waals surface area contributed by atoms with Gasteiger partial charge in [0.2, 0.25) is 0 Å². The van der Waals surface area contributed by atoms with Gasteiger partial charge in [-0.25, -0.2) is 0 Å². The number of unbranched alkanes of at least 4 members (excludes halogenated alkanes) is 5. The van der Waals surface area contributed by atoms with Gasteiger partial charge in [-0.05, 0) is 44.9 Å². The summed E-state index contributed by atoms with van der Waals surface area (Å²) in [7, 11) is 0. The number of carboxylic acids is 1. The van der Waals surface area contributed by atoms with E-state index in [1.165, 1.54) is 25.7 Å². The molecule has 0 radical (unpaired) electrons. The fourth-order valence-corrected chi connectivity index (χ4v) is 2.05. The second-order valence-electron chi connectivity index (χ2n) is 5.77. The van der Waals surface area contributed by atoms with E-state index >= 15 is 0 Å². The Kier molecular flexibility index (Phi) is 17.8. The van der Waals surface area contributed by atoms with Gasteiger partial charge >= 0.3 is 5.97 Å². The lowest BCUT2D eigenvalue weighted by Crippen LogP contribution is -1.91. The van der Waals surface area contributed by atoms with Gasteiger partial charge in [0.15, 0.2) is 0 Å². The molecule has 0 unspecified atom stereocenters. The Balaban J connectivity index is 3.48. The quantitative estimate of drug-likeness (QED) is 0.204. The fraction of sp³-hybridized carbons (Fsp3) is 0.500. The lowest BCUT2D eigenvalue weighted by molar-refractivity contribution is -0.136. The molecule has 0 aromatic heterocycles. The Morgan fingerprint density at radius 3 is 1.71 bits per heavy atom. The topological polar surface area (TPSA) is 37.3 Å². The molecule has 2 nitrogen and oxygen atoms in total. The first-order valence-electron chi connectivity index (χ1n) is 9.27. The summed E-state index contributed by atoms with van der Waals surface area (Å²) in [5, 5.41) is 8.50. The highest BCUT2D eigenvalue weighted by Gasteiger charge is 1.90. The van der Waals surface area contributed by atoms with Gasteiger partial charge in [0, 0.05) is 6.42 Å². The molecule has 0 heterocycles. The van der Waals surface area contributed by atoms with Gasteiger partial charge in [0.05, 0.1) is 0 Å². The van der Waals surface area contributed by atoms with Crippen LogP contribution < -0.4 is 0 Å². The lowest BCUT2D eigenvalue weighted by atomic mass is 10.2. The minimum atomic E-state index is -0.735. The summed E-state index contributed by atoms with van der Waals surface area (Å²) in [5.74, 6) is -0.735. The van der Waals surface area contributed by atoms with Crippen LogP contribution in [0.25, 0.3) is 0 Å². The van der Waals surface area contributed by atoms with Crippen molar-refractivity contribution in [3.63, 3.8) is 0 Å². The maximum Gasteiger partial charge on any atom is 0.303 e. The van der Waals surface area contributed by atoms with E-state index in [1.807, 2.05) is 18.2 Å². The first-order chi connectivity index (χ1) is 11.8. The first-order valence-corrected chi connectivity index (χ1v) is 9.27. The Morgan fingerprint density at radius 1 is 0.667 bits per heavy atom. The highest BCUT2D eigenvalue weighted by molar-refractivity contribution is 5.66. The third-order valence-corrected chi connectivity index (χ3v) is 3.44. The third-order valence-electron chi connectivity index (χ3n) is 3.44. The predicted molar refractivity (Wildman–Crippen MR) is 105 cm³/mol. The van der Waals surface area contributed by atoms with Gasteiger partial charge in [-0.1, -0.05) is 80.5 Å². The van der Waals surface area contributed by atoms with Crippen molar-refractivity contribution >= 4 is 5.97 Å². The van der Waals surface area contributed by atoms with Crippen LogP contribution in [-0.4, -0.2) is 11.1 Å². The predicted octanol–water partition coefficient (Wildman–Crippen LogP) is 6.77. The standard InChI is InChI=1S/C22H34O2/c1-2-3-4-5-6-7-8-9-10-11-12-13-14-15-16-17-18-19-20-21-22(23)24/h6-7,10-15,18-19H,2-5,8-9,16-17,20-21H2,1H3,(H,23,24). The van der Waals surface area contributed by atoms with Gasteiger partial charge in [-0.3, -0.25) is 4.79 Å². The van der Waals surface area contributed by atoms with Crippen LogP contribution in [0.15, 0.2) is 60.8 Å². The summed E-state index contributed by atoms with van der Waals surface area (Å²) in [6, 6.07) is 0. The Hall–Kier alpha value is -1.83. The number of aliphatic carboxylic acids is 1. The Morgan fingerprint density at radius 2 is 1.17 bits per heavy atom. The van der Waals surface area contributed by atoms with Crippen molar-refractivity contribution < 1.29 is 9.90 Å². The second kappa shape index (κ2) is 19.2. The Labute approximate surface area is 148 Å². The van der Waals surface area contributed by atoms with Gasteiger partial charge < -0.3 is 5.11 Å².